The molecule has 3 amide bonds. The van der Waals surface area contributed by atoms with Crippen molar-refractivity contribution in [2.45, 2.75) is 49.1 Å². The molecule has 1 N–H and O–H groups in total. The van der Waals surface area contributed by atoms with Crippen molar-refractivity contribution in [3.8, 4) is 5.75 Å². The maximum absolute atomic E-state index is 14.2. The molecule has 0 saturated carbocycles. The van der Waals surface area contributed by atoms with Crippen LogP contribution in [0.25, 0.3) is 0 Å². The van der Waals surface area contributed by atoms with Crippen molar-refractivity contribution in [2.24, 2.45) is 11.8 Å². The maximum atomic E-state index is 14.2. The van der Waals surface area contributed by atoms with Crippen molar-refractivity contribution < 1.29 is 24.2 Å². The Kier molecular flexibility index (Phi) is 7.86. The van der Waals surface area contributed by atoms with Crippen molar-refractivity contribution in [3.05, 3.63) is 48.6 Å². The highest BCUT2D eigenvalue weighted by Gasteiger charge is 2.70. The zero-order valence-corrected chi connectivity index (χ0v) is 22.9. The molecule has 1 unspecified atom stereocenters. The summed E-state index contributed by atoms with van der Waals surface area (Å²) in [5.41, 5.74) is 0.757. The molecule has 204 valence electrons. The molecule has 1 spiro atoms. The molecule has 4 heterocycles. The number of unbranched alkanes of at least 4 members (excludes halogenated alkanes) is 1. The predicted molar refractivity (Wildman–Crippen MR) is 148 cm³/mol. The van der Waals surface area contributed by atoms with Gasteiger partial charge in [-0.15, -0.1) is 11.8 Å². The summed E-state index contributed by atoms with van der Waals surface area (Å²) in [6.07, 6.45) is 10.4. The van der Waals surface area contributed by atoms with E-state index in [1.807, 2.05) is 54.3 Å². The van der Waals surface area contributed by atoms with Crippen LogP contribution in [0.4, 0.5) is 5.69 Å². The van der Waals surface area contributed by atoms with Gasteiger partial charge in [0, 0.05) is 43.7 Å². The van der Waals surface area contributed by atoms with E-state index in [0.717, 1.165) is 24.3 Å². The summed E-state index contributed by atoms with van der Waals surface area (Å²) in [6.45, 7) is 6.38. The number of anilines is 1. The smallest absolute Gasteiger partial charge is 0.247 e. The zero-order chi connectivity index (χ0) is 26.9. The fraction of sp³-hybridized carbons (Fsp3) is 0.552. The first-order valence-electron chi connectivity index (χ1n) is 13.7. The number of ether oxygens (including phenoxy) is 1. The lowest BCUT2D eigenvalue weighted by Gasteiger charge is -2.35. The van der Waals surface area contributed by atoms with E-state index < -0.39 is 22.6 Å². The summed E-state index contributed by atoms with van der Waals surface area (Å²) in [7, 11) is 0. The summed E-state index contributed by atoms with van der Waals surface area (Å²) >= 11 is 1.59. The molecule has 0 aliphatic carbocycles. The minimum Gasteiger partial charge on any atom is -0.494 e. The number of aliphatic hydroxyl groups is 1. The normalized spacial score (nSPS) is 30.3. The van der Waals surface area contributed by atoms with Crippen LogP contribution in [0, 0.1) is 11.8 Å². The Morgan fingerprint density at radius 2 is 1.79 bits per heavy atom. The fourth-order valence-electron chi connectivity index (χ4n) is 6.34. The van der Waals surface area contributed by atoms with Crippen LogP contribution in [-0.4, -0.2) is 88.1 Å². The third-order valence-electron chi connectivity index (χ3n) is 8.04. The van der Waals surface area contributed by atoms with Crippen LogP contribution in [0.1, 0.15) is 33.1 Å². The number of nitrogens with zero attached hydrogens (tertiary/aromatic N) is 3. The topological polar surface area (TPSA) is 90.4 Å². The molecule has 0 aromatic heterocycles. The molecule has 4 aliphatic heterocycles. The molecule has 2 saturated heterocycles. The van der Waals surface area contributed by atoms with Crippen molar-refractivity contribution in [2.75, 3.05) is 44.3 Å². The Bertz CT molecular complexity index is 1120. The molecule has 8 nitrogen and oxygen atoms in total. The van der Waals surface area contributed by atoms with E-state index in [2.05, 4.69) is 13.0 Å². The van der Waals surface area contributed by atoms with Crippen LogP contribution in [-0.2, 0) is 14.4 Å². The Labute approximate surface area is 228 Å². The number of hydrogen-bond acceptors (Lipinski definition) is 6. The zero-order valence-electron chi connectivity index (χ0n) is 22.1. The van der Waals surface area contributed by atoms with Gasteiger partial charge in [-0.1, -0.05) is 37.6 Å². The SMILES string of the molecule is CCCCN1CC=C[C@]23S[C@@H]4C=CCN(c5ccc(OCC)cc5)C(=O)[C@@H]4[C@H]2C(=O)N(CCCO)C3C1=O. The number of hydrogen-bond donors (Lipinski definition) is 1. The highest BCUT2D eigenvalue weighted by molar-refractivity contribution is 8.02. The van der Waals surface area contributed by atoms with Crippen molar-refractivity contribution in [3.63, 3.8) is 0 Å². The van der Waals surface area contributed by atoms with E-state index in [9.17, 15) is 19.5 Å². The van der Waals surface area contributed by atoms with Gasteiger partial charge in [-0.05, 0) is 44.0 Å². The van der Waals surface area contributed by atoms with E-state index in [0.29, 0.717) is 39.2 Å². The Hall–Kier alpha value is -2.78. The van der Waals surface area contributed by atoms with Gasteiger partial charge in [-0.3, -0.25) is 14.4 Å². The Morgan fingerprint density at radius 1 is 1.00 bits per heavy atom. The standard InChI is InChI=1S/C29H37N3O5S/c1-3-5-15-30-16-7-14-29-24(27(35)32(18-8-19-33)25(29)28(30)36)23-22(38-29)9-6-17-31(26(23)34)20-10-12-21(13-11-20)37-4-2/h6-7,9-14,22-25,33H,3-5,8,15-19H2,1-2H3/t22-,23+,24+,25?,29+/m1/s1. The van der Waals surface area contributed by atoms with Crippen molar-refractivity contribution in [1.82, 2.24) is 9.80 Å². The number of amides is 3. The first-order valence-corrected chi connectivity index (χ1v) is 14.6. The minimum absolute atomic E-state index is 0.0546. The lowest BCUT2D eigenvalue weighted by atomic mass is 9.78. The number of thioether (sulfide) groups is 1. The average molecular weight is 540 g/mol. The minimum atomic E-state index is -0.818. The molecule has 1 aromatic carbocycles. The molecule has 0 bridgehead atoms. The second kappa shape index (κ2) is 11.1. The summed E-state index contributed by atoms with van der Waals surface area (Å²) in [5, 5.41) is 9.35. The van der Waals surface area contributed by atoms with Crippen LogP contribution in [0.3, 0.4) is 0 Å². The van der Waals surface area contributed by atoms with Gasteiger partial charge in [0.25, 0.3) is 0 Å². The van der Waals surface area contributed by atoms with Crippen LogP contribution < -0.4 is 9.64 Å². The first kappa shape index (κ1) is 26.8. The lowest BCUT2D eigenvalue weighted by molar-refractivity contribution is -0.142. The van der Waals surface area contributed by atoms with Gasteiger partial charge in [0.15, 0.2) is 0 Å². The monoisotopic (exact) mass is 539 g/mol. The van der Waals surface area contributed by atoms with E-state index in [1.54, 1.807) is 21.6 Å². The van der Waals surface area contributed by atoms with Gasteiger partial charge >= 0.3 is 0 Å². The number of carbonyl (C=O) groups excluding carboxylic acids is 3. The van der Waals surface area contributed by atoms with Gasteiger partial charge in [-0.2, -0.15) is 0 Å². The number of benzene rings is 1. The molecule has 5 atom stereocenters. The lowest BCUT2D eigenvalue weighted by Crippen LogP contribution is -2.53. The van der Waals surface area contributed by atoms with Crippen LogP contribution in [0.5, 0.6) is 5.75 Å². The van der Waals surface area contributed by atoms with Gasteiger partial charge in [0.2, 0.25) is 17.7 Å². The van der Waals surface area contributed by atoms with Gasteiger partial charge < -0.3 is 24.5 Å². The molecular formula is C29H37N3O5S. The number of fused-ring (bicyclic) bond motifs is 2. The maximum Gasteiger partial charge on any atom is 0.247 e. The number of likely N-dealkylation sites (tertiary alicyclic amines) is 1. The average Bonchev–Trinajstić information content (AvgIpc) is 3.23. The van der Waals surface area contributed by atoms with Crippen molar-refractivity contribution >= 4 is 35.2 Å². The van der Waals surface area contributed by atoms with Gasteiger partial charge in [-0.25, -0.2) is 0 Å². The van der Waals surface area contributed by atoms with E-state index in [-0.39, 0.29) is 29.6 Å². The third-order valence-corrected chi connectivity index (χ3v) is 9.78. The molecule has 38 heavy (non-hydrogen) atoms. The summed E-state index contributed by atoms with van der Waals surface area (Å²) < 4.78 is 4.75. The van der Waals surface area contributed by atoms with E-state index in [4.69, 9.17) is 4.74 Å². The van der Waals surface area contributed by atoms with E-state index in [1.165, 1.54) is 0 Å². The molecule has 2 fully saturated rings. The highest BCUT2D eigenvalue weighted by Crippen LogP contribution is 2.61. The van der Waals surface area contributed by atoms with Crippen molar-refractivity contribution in [1.29, 1.82) is 0 Å². The number of aliphatic hydroxyl groups excluding tert-OH is 1. The molecule has 9 heteroatoms. The Morgan fingerprint density at radius 3 is 2.50 bits per heavy atom. The van der Waals surface area contributed by atoms with Crippen LogP contribution in [0.15, 0.2) is 48.6 Å². The van der Waals surface area contributed by atoms with Crippen LogP contribution in [0.2, 0.25) is 0 Å². The predicted octanol–water partition coefficient (Wildman–Crippen LogP) is 2.87. The second-order valence-corrected chi connectivity index (χ2v) is 11.8. The fourth-order valence-corrected chi connectivity index (χ4v) is 8.34. The molecule has 5 rings (SSSR count). The number of rotatable bonds is 9. The largest absolute Gasteiger partial charge is 0.494 e. The van der Waals surface area contributed by atoms with E-state index >= 15 is 0 Å². The first-order chi connectivity index (χ1) is 18.5. The summed E-state index contributed by atoms with van der Waals surface area (Å²) in [4.78, 5) is 47.6. The van der Waals surface area contributed by atoms with Crippen LogP contribution >= 0.6 is 11.8 Å². The molecule has 1 aromatic rings. The molecular weight excluding hydrogens is 502 g/mol. The Balaban J connectivity index is 1.52. The highest BCUT2D eigenvalue weighted by atomic mass is 32.2. The number of carbonyl (C=O) groups is 3. The second-order valence-electron chi connectivity index (χ2n) is 10.3. The quantitative estimate of drug-likeness (QED) is 0.486. The summed E-state index contributed by atoms with van der Waals surface area (Å²) in [6, 6.07) is 6.78. The van der Waals surface area contributed by atoms with Gasteiger partial charge in [0.1, 0.15) is 11.8 Å². The van der Waals surface area contributed by atoms with Gasteiger partial charge in [0.05, 0.1) is 23.2 Å². The third kappa shape index (κ3) is 4.43. The molecule has 0 radical (unpaired) electrons. The summed E-state index contributed by atoms with van der Waals surface area (Å²) in [5.74, 6) is -0.796. The molecule has 4 aliphatic rings.